The second-order valence-corrected chi connectivity index (χ2v) is 5.83. The average molecular weight is 260 g/mol. The highest BCUT2D eigenvalue weighted by Gasteiger charge is 2.18. The zero-order chi connectivity index (χ0) is 14.0. The van der Waals surface area contributed by atoms with Crippen molar-refractivity contribution in [3.8, 4) is 0 Å². The maximum Gasteiger partial charge on any atom is 0.224 e. The molecule has 0 atom stereocenters. The van der Waals surface area contributed by atoms with E-state index in [1.807, 2.05) is 26.0 Å². The number of carbonyl (C=O) groups excluding carboxylic acids is 2. The number of amides is 1. The molecule has 0 spiro atoms. The number of fused-ring (bicyclic) bond motifs is 1. The van der Waals surface area contributed by atoms with Crippen molar-refractivity contribution in [3.63, 3.8) is 0 Å². The molecule has 1 heterocycles. The van der Waals surface area contributed by atoms with Crippen molar-refractivity contribution in [1.29, 1.82) is 0 Å². The fraction of sp³-hybridized carbons (Fsp3) is 0.467. The first kappa shape index (κ1) is 13.7. The smallest absolute Gasteiger partial charge is 0.224 e. The molecule has 0 bridgehead atoms. The summed E-state index contributed by atoms with van der Waals surface area (Å²) in [5.74, 6) is 0.148. The first-order valence-corrected chi connectivity index (χ1v) is 6.60. The van der Waals surface area contributed by atoms with E-state index in [2.05, 4.69) is 5.32 Å². The Labute approximate surface area is 113 Å². The normalized spacial score (nSPS) is 14.8. The summed E-state index contributed by atoms with van der Waals surface area (Å²) in [7, 11) is 0. The van der Waals surface area contributed by atoms with Crippen LogP contribution in [0.5, 0.6) is 0 Å². The second kappa shape index (κ2) is 5.13. The van der Waals surface area contributed by atoms with Gasteiger partial charge in [0.1, 0.15) is 0 Å². The van der Waals surface area contributed by atoms with Crippen LogP contribution in [0.4, 0.5) is 5.69 Å². The van der Waals surface area contributed by atoms with Crippen LogP contribution in [0.25, 0.3) is 0 Å². The summed E-state index contributed by atoms with van der Waals surface area (Å²) in [6, 6.07) is 5.48. The van der Waals surface area contributed by atoms with Gasteiger partial charge in [0, 0.05) is 29.6 Å². The molecule has 1 aliphatic heterocycles. The number of hydrogen-bond donors (Lipinski definition) is 2. The summed E-state index contributed by atoms with van der Waals surface area (Å²) < 4.78 is 0. The zero-order valence-corrected chi connectivity index (χ0v) is 11.5. The molecule has 0 aliphatic carbocycles. The van der Waals surface area contributed by atoms with Gasteiger partial charge < -0.3 is 11.1 Å². The molecular weight excluding hydrogens is 240 g/mol. The molecule has 2 rings (SSSR count). The highest BCUT2D eigenvalue weighted by atomic mass is 16.1. The van der Waals surface area contributed by atoms with Crippen LogP contribution in [0.3, 0.4) is 0 Å². The summed E-state index contributed by atoms with van der Waals surface area (Å²) in [5, 5.41) is 2.81. The Morgan fingerprint density at radius 3 is 2.79 bits per heavy atom. The van der Waals surface area contributed by atoms with Crippen LogP contribution in [-0.2, 0) is 11.2 Å². The molecule has 1 aromatic rings. The molecule has 4 nitrogen and oxygen atoms in total. The van der Waals surface area contributed by atoms with Crippen LogP contribution in [0.2, 0.25) is 0 Å². The van der Waals surface area contributed by atoms with E-state index in [1.54, 1.807) is 6.07 Å². The number of rotatable bonds is 4. The van der Waals surface area contributed by atoms with Gasteiger partial charge in [-0.25, -0.2) is 0 Å². The highest BCUT2D eigenvalue weighted by molar-refractivity contribution is 5.99. The van der Waals surface area contributed by atoms with Crippen LogP contribution >= 0.6 is 0 Å². The largest absolute Gasteiger partial charge is 0.326 e. The van der Waals surface area contributed by atoms with E-state index < -0.39 is 0 Å². The number of nitrogens with two attached hydrogens (primary N) is 1. The van der Waals surface area contributed by atoms with Crippen molar-refractivity contribution in [2.45, 2.75) is 45.1 Å². The Bertz CT molecular complexity index is 515. The van der Waals surface area contributed by atoms with Gasteiger partial charge in [0.25, 0.3) is 0 Å². The minimum Gasteiger partial charge on any atom is -0.326 e. The van der Waals surface area contributed by atoms with Crippen molar-refractivity contribution < 1.29 is 9.59 Å². The summed E-state index contributed by atoms with van der Waals surface area (Å²) in [4.78, 5) is 23.4. The molecule has 102 valence electrons. The Morgan fingerprint density at radius 1 is 1.37 bits per heavy atom. The van der Waals surface area contributed by atoms with E-state index >= 15 is 0 Å². The highest BCUT2D eigenvalue weighted by Crippen LogP contribution is 2.24. The number of anilines is 1. The van der Waals surface area contributed by atoms with Gasteiger partial charge in [-0.2, -0.15) is 0 Å². The SMILES string of the molecule is CC(C)(N)CCC(=O)c1ccc2c(c1)CCC(=O)N2. The van der Waals surface area contributed by atoms with Crippen molar-refractivity contribution in [1.82, 2.24) is 0 Å². The van der Waals surface area contributed by atoms with Gasteiger partial charge in [-0.3, -0.25) is 9.59 Å². The van der Waals surface area contributed by atoms with E-state index in [1.165, 1.54) is 0 Å². The number of nitrogens with one attached hydrogen (secondary N) is 1. The lowest BCUT2D eigenvalue weighted by molar-refractivity contribution is -0.116. The van der Waals surface area contributed by atoms with Gasteiger partial charge in [0.15, 0.2) is 5.78 Å². The standard InChI is InChI=1S/C15H20N2O2/c1-15(2,16)8-7-13(18)11-3-5-12-10(9-11)4-6-14(19)17-12/h3,5,9H,4,6-8,16H2,1-2H3,(H,17,19). The van der Waals surface area contributed by atoms with E-state index in [9.17, 15) is 9.59 Å². The number of carbonyl (C=O) groups is 2. The topological polar surface area (TPSA) is 72.2 Å². The monoisotopic (exact) mass is 260 g/mol. The maximum absolute atomic E-state index is 12.1. The molecule has 0 saturated heterocycles. The third-order valence-electron chi connectivity index (χ3n) is 3.32. The molecule has 3 N–H and O–H groups in total. The predicted octanol–water partition coefficient (Wildman–Crippen LogP) is 2.27. The third kappa shape index (κ3) is 3.64. The minimum atomic E-state index is -0.322. The third-order valence-corrected chi connectivity index (χ3v) is 3.32. The zero-order valence-electron chi connectivity index (χ0n) is 11.5. The average Bonchev–Trinajstić information content (AvgIpc) is 2.34. The Morgan fingerprint density at radius 2 is 2.11 bits per heavy atom. The lowest BCUT2D eigenvalue weighted by Crippen LogP contribution is -2.32. The molecule has 1 aliphatic rings. The molecular formula is C15H20N2O2. The molecule has 0 saturated carbocycles. The van der Waals surface area contributed by atoms with Crippen LogP contribution in [-0.4, -0.2) is 17.2 Å². The van der Waals surface area contributed by atoms with Gasteiger partial charge in [-0.15, -0.1) is 0 Å². The van der Waals surface area contributed by atoms with Gasteiger partial charge in [-0.1, -0.05) is 0 Å². The lowest BCUT2D eigenvalue weighted by atomic mass is 9.94. The van der Waals surface area contributed by atoms with Crippen LogP contribution in [0.1, 0.15) is 49.0 Å². The Kier molecular flexibility index (Phi) is 3.71. The molecule has 0 radical (unpaired) electrons. The summed E-state index contributed by atoms with van der Waals surface area (Å²) in [6.45, 7) is 3.84. The molecule has 19 heavy (non-hydrogen) atoms. The minimum absolute atomic E-state index is 0.0384. The van der Waals surface area contributed by atoms with Gasteiger partial charge in [-0.05, 0) is 50.5 Å². The first-order valence-electron chi connectivity index (χ1n) is 6.60. The van der Waals surface area contributed by atoms with Gasteiger partial charge >= 0.3 is 0 Å². The summed E-state index contributed by atoms with van der Waals surface area (Å²) >= 11 is 0. The second-order valence-electron chi connectivity index (χ2n) is 5.83. The number of hydrogen-bond acceptors (Lipinski definition) is 3. The fourth-order valence-electron chi connectivity index (χ4n) is 2.14. The van der Waals surface area contributed by atoms with Gasteiger partial charge in [0.2, 0.25) is 5.91 Å². The molecule has 1 aromatic carbocycles. The Balaban J connectivity index is 2.09. The first-order chi connectivity index (χ1) is 8.85. The number of aryl methyl sites for hydroxylation is 1. The lowest BCUT2D eigenvalue weighted by Gasteiger charge is -2.19. The molecule has 0 unspecified atom stereocenters. The van der Waals surface area contributed by atoms with E-state index in [-0.39, 0.29) is 17.2 Å². The van der Waals surface area contributed by atoms with Crippen molar-refractivity contribution in [2.24, 2.45) is 5.73 Å². The van der Waals surface area contributed by atoms with Crippen molar-refractivity contribution in [3.05, 3.63) is 29.3 Å². The molecule has 0 fully saturated rings. The summed E-state index contributed by atoms with van der Waals surface area (Å²) in [5.41, 5.74) is 8.14. The molecule has 0 aromatic heterocycles. The van der Waals surface area contributed by atoms with Crippen LogP contribution < -0.4 is 11.1 Å². The number of Topliss-reactive ketones (excluding diaryl/α,β-unsaturated/α-hetero) is 1. The molecule has 4 heteroatoms. The number of benzene rings is 1. The van der Waals surface area contributed by atoms with Crippen LogP contribution in [0.15, 0.2) is 18.2 Å². The van der Waals surface area contributed by atoms with E-state index in [0.29, 0.717) is 31.2 Å². The predicted molar refractivity (Wildman–Crippen MR) is 75.2 cm³/mol. The Hall–Kier alpha value is -1.68. The van der Waals surface area contributed by atoms with E-state index in [4.69, 9.17) is 5.73 Å². The fourth-order valence-corrected chi connectivity index (χ4v) is 2.14. The molecule has 1 amide bonds. The summed E-state index contributed by atoms with van der Waals surface area (Å²) in [6.07, 6.45) is 2.31. The van der Waals surface area contributed by atoms with Crippen molar-refractivity contribution in [2.75, 3.05) is 5.32 Å². The number of ketones is 1. The van der Waals surface area contributed by atoms with E-state index in [0.717, 1.165) is 11.3 Å². The van der Waals surface area contributed by atoms with Crippen molar-refractivity contribution >= 4 is 17.4 Å². The van der Waals surface area contributed by atoms with Gasteiger partial charge in [0.05, 0.1) is 0 Å². The quantitative estimate of drug-likeness (QED) is 0.816. The van der Waals surface area contributed by atoms with Crippen LogP contribution in [0, 0.1) is 0 Å². The maximum atomic E-state index is 12.1.